The third-order valence-electron chi connectivity index (χ3n) is 3.82. The maximum atomic E-state index is 12.2. The Morgan fingerprint density at radius 1 is 1.15 bits per heavy atom. The van der Waals surface area contributed by atoms with Crippen LogP contribution in [-0.2, 0) is 16.1 Å². The molecule has 0 saturated carbocycles. The average Bonchev–Trinajstić information content (AvgIpc) is 3.06. The molecule has 1 amide bonds. The molecule has 6 nitrogen and oxygen atoms in total. The molecule has 0 atom stereocenters. The predicted octanol–water partition coefficient (Wildman–Crippen LogP) is 3.69. The summed E-state index contributed by atoms with van der Waals surface area (Å²) in [7, 11) is 1.61. The van der Waals surface area contributed by atoms with Crippen molar-refractivity contribution in [3.8, 4) is 0 Å². The van der Waals surface area contributed by atoms with Crippen molar-refractivity contribution in [3.05, 3.63) is 63.8 Å². The molecular weight excluding hydrogens is 377 g/mol. The number of likely N-dealkylation sites (N-methyl/N-ethyl adjacent to an activating group) is 1. The molecule has 0 aliphatic heterocycles. The number of nitrogens with one attached hydrogen (secondary N) is 1. The number of halogens is 2. The number of carbonyl (C=O) groups excluding carboxylic acids is 2. The Labute approximate surface area is 159 Å². The summed E-state index contributed by atoms with van der Waals surface area (Å²) < 4.78 is 5.10. The van der Waals surface area contributed by atoms with Crippen LogP contribution < -0.4 is 0 Å². The fourth-order valence-corrected chi connectivity index (χ4v) is 2.75. The first kappa shape index (κ1) is 18.2. The number of H-pyrrole nitrogens is 1. The van der Waals surface area contributed by atoms with Crippen LogP contribution in [0.1, 0.15) is 16.1 Å². The Kier molecular flexibility index (Phi) is 5.44. The maximum Gasteiger partial charge on any atom is 0.359 e. The van der Waals surface area contributed by atoms with Crippen LogP contribution in [0.15, 0.2) is 42.5 Å². The molecule has 0 bridgehead atoms. The number of amides is 1. The van der Waals surface area contributed by atoms with Gasteiger partial charge >= 0.3 is 5.97 Å². The summed E-state index contributed by atoms with van der Waals surface area (Å²) in [6.45, 7) is -0.0591. The van der Waals surface area contributed by atoms with Crippen LogP contribution >= 0.6 is 23.2 Å². The lowest BCUT2D eigenvalue weighted by Crippen LogP contribution is -2.30. The molecule has 0 fully saturated rings. The van der Waals surface area contributed by atoms with E-state index in [4.69, 9.17) is 27.9 Å². The van der Waals surface area contributed by atoms with Gasteiger partial charge in [-0.1, -0.05) is 47.5 Å². The number of para-hydroxylation sites is 1. The maximum absolute atomic E-state index is 12.2. The Balaban J connectivity index is 1.59. The van der Waals surface area contributed by atoms with E-state index in [1.54, 1.807) is 43.4 Å². The molecule has 0 radical (unpaired) electrons. The highest BCUT2D eigenvalue weighted by molar-refractivity contribution is 6.42. The topological polar surface area (TPSA) is 75.3 Å². The summed E-state index contributed by atoms with van der Waals surface area (Å²) in [6.07, 6.45) is 0. The molecule has 8 heteroatoms. The average molecular weight is 392 g/mol. The van der Waals surface area contributed by atoms with Crippen molar-refractivity contribution in [3.63, 3.8) is 0 Å². The van der Waals surface area contributed by atoms with Crippen molar-refractivity contribution in [1.82, 2.24) is 15.1 Å². The van der Waals surface area contributed by atoms with Crippen molar-refractivity contribution in [2.45, 2.75) is 6.54 Å². The summed E-state index contributed by atoms with van der Waals surface area (Å²) in [5, 5.41) is 8.22. The molecule has 0 aliphatic carbocycles. The zero-order chi connectivity index (χ0) is 18.7. The van der Waals surface area contributed by atoms with E-state index >= 15 is 0 Å². The second kappa shape index (κ2) is 7.76. The highest BCUT2D eigenvalue weighted by Gasteiger charge is 2.18. The number of aromatic amines is 1. The van der Waals surface area contributed by atoms with Gasteiger partial charge in [0.1, 0.15) is 0 Å². The van der Waals surface area contributed by atoms with E-state index in [-0.39, 0.29) is 18.2 Å². The number of ether oxygens (including phenoxy) is 1. The van der Waals surface area contributed by atoms with E-state index in [0.717, 1.165) is 11.1 Å². The third-order valence-corrected chi connectivity index (χ3v) is 4.56. The third kappa shape index (κ3) is 3.98. The van der Waals surface area contributed by atoms with Crippen LogP contribution in [0.2, 0.25) is 10.0 Å². The van der Waals surface area contributed by atoms with Crippen LogP contribution in [0.4, 0.5) is 0 Å². The number of fused-ring (bicyclic) bond motifs is 1. The summed E-state index contributed by atoms with van der Waals surface area (Å²) in [4.78, 5) is 25.8. The number of nitrogens with zero attached hydrogens (tertiary/aromatic N) is 2. The van der Waals surface area contributed by atoms with Crippen molar-refractivity contribution < 1.29 is 14.3 Å². The first-order valence-corrected chi connectivity index (χ1v) is 8.49. The Hall–Kier alpha value is -2.57. The zero-order valence-electron chi connectivity index (χ0n) is 13.8. The van der Waals surface area contributed by atoms with Crippen molar-refractivity contribution in [2.24, 2.45) is 0 Å². The number of esters is 1. The lowest BCUT2D eigenvalue weighted by molar-refractivity contribution is -0.133. The van der Waals surface area contributed by atoms with Crippen molar-refractivity contribution in [1.29, 1.82) is 0 Å². The van der Waals surface area contributed by atoms with Gasteiger partial charge in [-0.2, -0.15) is 5.10 Å². The lowest BCUT2D eigenvalue weighted by atomic mass is 10.2. The highest BCUT2D eigenvalue weighted by atomic mass is 35.5. The molecule has 3 rings (SSSR count). The molecule has 1 N–H and O–H groups in total. The molecule has 2 aromatic carbocycles. The van der Waals surface area contributed by atoms with Gasteiger partial charge in [0, 0.05) is 19.0 Å². The van der Waals surface area contributed by atoms with E-state index in [0.29, 0.717) is 22.0 Å². The minimum absolute atomic E-state index is 0.153. The largest absolute Gasteiger partial charge is 0.451 e. The number of hydrogen-bond acceptors (Lipinski definition) is 4. The van der Waals surface area contributed by atoms with Crippen molar-refractivity contribution >= 4 is 46.0 Å². The number of carbonyl (C=O) groups is 2. The molecule has 1 heterocycles. The van der Waals surface area contributed by atoms with E-state index in [1.807, 2.05) is 6.07 Å². The number of benzene rings is 2. The molecule has 1 aromatic heterocycles. The summed E-state index contributed by atoms with van der Waals surface area (Å²) >= 11 is 11.8. The minimum Gasteiger partial charge on any atom is -0.451 e. The van der Waals surface area contributed by atoms with Gasteiger partial charge in [-0.3, -0.25) is 9.89 Å². The predicted molar refractivity (Wildman–Crippen MR) is 99.3 cm³/mol. The Morgan fingerprint density at radius 3 is 2.69 bits per heavy atom. The smallest absolute Gasteiger partial charge is 0.359 e. The second-order valence-corrected chi connectivity index (χ2v) is 6.51. The van der Waals surface area contributed by atoms with Gasteiger partial charge < -0.3 is 9.64 Å². The lowest BCUT2D eigenvalue weighted by Gasteiger charge is -2.17. The van der Waals surface area contributed by atoms with E-state index in [1.165, 1.54) is 4.90 Å². The monoisotopic (exact) mass is 391 g/mol. The zero-order valence-corrected chi connectivity index (χ0v) is 15.3. The van der Waals surface area contributed by atoms with Gasteiger partial charge in [0.05, 0.1) is 15.6 Å². The van der Waals surface area contributed by atoms with Gasteiger partial charge in [0.15, 0.2) is 12.3 Å². The Bertz CT molecular complexity index is 971. The van der Waals surface area contributed by atoms with Gasteiger partial charge in [-0.15, -0.1) is 0 Å². The summed E-state index contributed by atoms with van der Waals surface area (Å²) in [5.74, 6) is -0.997. The molecule has 134 valence electrons. The normalized spacial score (nSPS) is 10.7. The fraction of sp³-hybridized carbons (Fsp3) is 0.167. The van der Waals surface area contributed by atoms with Crippen LogP contribution in [0.3, 0.4) is 0 Å². The van der Waals surface area contributed by atoms with Crippen LogP contribution in [0.25, 0.3) is 10.9 Å². The number of hydrogen-bond donors (Lipinski definition) is 1. The molecular formula is C18H15Cl2N3O3. The highest BCUT2D eigenvalue weighted by Crippen LogP contribution is 2.23. The molecule has 0 spiro atoms. The standard InChI is InChI=1S/C18H15Cl2N3O3/c1-23(9-11-6-7-13(19)14(20)8-11)16(24)10-26-18(25)17-12-4-2-3-5-15(12)21-22-17/h2-8H,9-10H2,1H3,(H,21,22). The molecule has 0 aliphatic rings. The van der Waals surface area contributed by atoms with Crippen LogP contribution in [0.5, 0.6) is 0 Å². The van der Waals surface area contributed by atoms with Gasteiger partial charge in [-0.05, 0) is 23.8 Å². The van der Waals surface area contributed by atoms with Crippen LogP contribution in [0, 0.1) is 0 Å². The minimum atomic E-state index is -0.654. The quantitative estimate of drug-likeness (QED) is 0.672. The molecule has 3 aromatic rings. The van der Waals surface area contributed by atoms with E-state index in [9.17, 15) is 9.59 Å². The molecule has 26 heavy (non-hydrogen) atoms. The van der Waals surface area contributed by atoms with E-state index < -0.39 is 5.97 Å². The fourth-order valence-electron chi connectivity index (χ4n) is 2.42. The summed E-state index contributed by atoms with van der Waals surface area (Å²) in [5.41, 5.74) is 1.70. The second-order valence-electron chi connectivity index (χ2n) is 5.69. The first-order chi connectivity index (χ1) is 12.5. The summed E-state index contributed by atoms with van der Waals surface area (Å²) in [6, 6.07) is 12.3. The molecule has 0 saturated heterocycles. The van der Waals surface area contributed by atoms with Crippen LogP contribution in [-0.4, -0.2) is 40.6 Å². The number of aromatic nitrogens is 2. The number of rotatable bonds is 5. The van der Waals surface area contributed by atoms with Gasteiger partial charge in [0.2, 0.25) is 0 Å². The SMILES string of the molecule is CN(Cc1ccc(Cl)c(Cl)c1)C(=O)COC(=O)c1n[nH]c2ccccc12. The van der Waals surface area contributed by atoms with Crippen molar-refractivity contribution in [2.75, 3.05) is 13.7 Å². The van der Waals surface area contributed by atoms with Gasteiger partial charge in [0.25, 0.3) is 5.91 Å². The first-order valence-electron chi connectivity index (χ1n) is 7.74. The molecule has 0 unspecified atom stereocenters. The van der Waals surface area contributed by atoms with Gasteiger partial charge in [-0.25, -0.2) is 4.79 Å². The Morgan fingerprint density at radius 2 is 1.92 bits per heavy atom. The van der Waals surface area contributed by atoms with E-state index in [2.05, 4.69) is 10.2 Å².